The summed E-state index contributed by atoms with van der Waals surface area (Å²) >= 11 is 0. The van der Waals surface area contributed by atoms with E-state index in [4.69, 9.17) is 0 Å². The van der Waals surface area contributed by atoms with Gasteiger partial charge in [0.25, 0.3) is 11.8 Å². The van der Waals surface area contributed by atoms with Gasteiger partial charge in [-0.05, 0) is 30.9 Å². The molecule has 1 N–H and O–H groups in total. The molecule has 1 aromatic carbocycles. The molecule has 0 saturated carbocycles. The molecule has 3 heterocycles. The number of carbonyl (C=O) groups is 3. The summed E-state index contributed by atoms with van der Waals surface area (Å²) in [5, 5.41) is 11.1. The lowest BCUT2D eigenvalue weighted by atomic mass is 10.0. The number of nitrogens with zero attached hydrogens (tertiary/aromatic N) is 4. The lowest BCUT2D eigenvalue weighted by molar-refractivity contribution is -0.125. The number of nitrogens with one attached hydrogen (secondary N) is 1. The first-order valence-corrected chi connectivity index (χ1v) is 9.63. The zero-order chi connectivity index (χ0) is 19.8. The van der Waals surface area contributed by atoms with Crippen LogP contribution in [0, 0.1) is 5.92 Å². The van der Waals surface area contributed by atoms with E-state index < -0.39 is 17.9 Å². The Kier molecular flexibility index (Phi) is 4.70. The van der Waals surface area contributed by atoms with Crippen molar-refractivity contribution in [3.05, 3.63) is 47.0 Å². The van der Waals surface area contributed by atoms with Crippen LogP contribution in [0.2, 0.25) is 0 Å². The van der Waals surface area contributed by atoms with Crippen molar-refractivity contribution >= 4 is 17.7 Å². The first-order chi connectivity index (χ1) is 13.5. The molecule has 0 spiro atoms. The van der Waals surface area contributed by atoms with E-state index in [-0.39, 0.29) is 18.4 Å². The highest BCUT2D eigenvalue weighted by Gasteiger charge is 2.42. The molecule has 0 bridgehead atoms. The van der Waals surface area contributed by atoms with Gasteiger partial charge < -0.3 is 9.88 Å². The van der Waals surface area contributed by atoms with Gasteiger partial charge in [0.2, 0.25) is 5.91 Å². The summed E-state index contributed by atoms with van der Waals surface area (Å²) in [6.45, 7) is 5.00. The zero-order valence-electron chi connectivity index (χ0n) is 16.0. The Morgan fingerprint density at radius 3 is 2.46 bits per heavy atom. The lowest BCUT2D eigenvalue weighted by Gasteiger charge is -2.26. The normalized spacial score (nSPS) is 16.5. The molecule has 0 aliphatic carbocycles. The van der Waals surface area contributed by atoms with Gasteiger partial charge in [-0.3, -0.25) is 19.3 Å². The SMILES string of the molecule is CC(C)C[C@@H](C(=O)NCc1nnc2n1CCC2)N1C(=O)c2ccccc2C1=O. The van der Waals surface area contributed by atoms with Crippen molar-refractivity contribution in [1.29, 1.82) is 0 Å². The molecule has 1 atom stereocenters. The zero-order valence-corrected chi connectivity index (χ0v) is 16.0. The summed E-state index contributed by atoms with van der Waals surface area (Å²) < 4.78 is 2.01. The van der Waals surface area contributed by atoms with Gasteiger partial charge in [-0.2, -0.15) is 0 Å². The van der Waals surface area contributed by atoms with Gasteiger partial charge >= 0.3 is 0 Å². The van der Waals surface area contributed by atoms with Gasteiger partial charge in [-0.15, -0.1) is 10.2 Å². The van der Waals surface area contributed by atoms with Gasteiger partial charge in [0.1, 0.15) is 11.9 Å². The van der Waals surface area contributed by atoms with E-state index in [9.17, 15) is 14.4 Å². The van der Waals surface area contributed by atoms with Crippen molar-refractivity contribution in [1.82, 2.24) is 25.0 Å². The Morgan fingerprint density at radius 2 is 1.82 bits per heavy atom. The van der Waals surface area contributed by atoms with Gasteiger partial charge in [-0.25, -0.2) is 0 Å². The van der Waals surface area contributed by atoms with Crippen molar-refractivity contribution in [2.24, 2.45) is 5.92 Å². The molecule has 0 radical (unpaired) electrons. The molecular weight excluding hydrogens is 358 g/mol. The molecule has 8 nitrogen and oxygen atoms in total. The van der Waals surface area contributed by atoms with Crippen LogP contribution in [-0.4, -0.2) is 43.4 Å². The fraction of sp³-hybridized carbons (Fsp3) is 0.450. The third kappa shape index (κ3) is 3.08. The van der Waals surface area contributed by atoms with E-state index in [1.807, 2.05) is 18.4 Å². The second kappa shape index (κ2) is 7.18. The molecule has 28 heavy (non-hydrogen) atoms. The molecule has 0 saturated heterocycles. The fourth-order valence-corrected chi connectivity index (χ4v) is 3.89. The lowest BCUT2D eigenvalue weighted by Crippen LogP contribution is -2.50. The summed E-state index contributed by atoms with van der Waals surface area (Å²) in [7, 11) is 0. The van der Waals surface area contributed by atoms with Crippen LogP contribution in [-0.2, 0) is 24.3 Å². The summed E-state index contributed by atoms with van der Waals surface area (Å²) in [5.41, 5.74) is 0.702. The molecule has 2 aliphatic rings. The smallest absolute Gasteiger partial charge is 0.262 e. The fourth-order valence-electron chi connectivity index (χ4n) is 3.89. The van der Waals surface area contributed by atoms with Crippen LogP contribution >= 0.6 is 0 Å². The average molecular weight is 381 g/mol. The number of fused-ring (bicyclic) bond motifs is 2. The molecule has 0 unspecified atom stereocenters. The summed E-state index contributed by atoms with van der Waals surface area (Å²) in [5.74, 6) is 0.598. The van der Waals surface area contributed by atoms with Crippen LogP contribution < -0.4 is 5.32 Å². The number of hydrogen-bond acceptors (Lipinski definition) is 5. The number of amides is 3. The van der Waals surface area contributed by atoms with Crippen LogP contribution in [0.5, 0.6) is 0 Å². The van der Waals surface area contributed by atoms with E-state index in [2.05, 4.69) is 15.5 Å². The van der Waals surface area contributed by atoms with E-state index in [0.29, 0.717) is 23.4 Å². The highest BCUT2D eigenvalue weighted by molar-refractivity contribution is 6.22. The highest BCUT2D eigenvalue weighted by Crippen LogP contribution is 2.27. The van der Waals surface area contributed by atoms with Crippen molar-refractivity contribution in [2.75, 3.05) is 0 Å². The number of imide groups is 1. The Morgan fingerprint density at radius 1 is 1.14 bits per heavy atom. The van der Waals surface area contributed by atoms with E-state index >= 15 is 0 Å². The van der Waals surface area contributed by atoms with Gasteiger partial charge in [0.05, 0.1) is 17.7 Å². The number of rotatable bonds is 6. The second-order valence-electron chi connectivity index (χ2n) is 7.68. The van der Waals surface area contributed by atoms with Crippen molar-refractivity contribution < 1.29 is 14.4 Å². The van der Waals surface area contributed by atoms with Gasteiger partial charge in [0.15, 0.2) is 5.82 Å². The minimum atomic E-state index is -0.853. The Bertz CT molecular complexity index is 914. The first-order valence-electron chi connectivity index (χ1n) is 9.63. The molecule has 146 valence electrons. The number of hydrogen-bond donors (Lipinski definition) is 1. The van der Waals surface area contributed by atoms with Crippen molar-refractivity contribution in [3.8, 4) is 0 Å². The Labute approximate surface area is 162 Å². The molecule has 8 heteroatoms. The van der Waals surface area contributed by atoms with Crippen LogP contribution in [0.3, 0.4) is 0 Å². The second-order valence-corrected chi connectivity index (χ2v) is 7.68. The van der Waals surface area contributed by atoms with Crippen LogP contribution in [0.15, 0.2) is 24.3 Å². The van der Waals surface area contributed by atoms with Gasteiger partial charge in [0, 0.05) is 13.0 Å². The Balaban J connectivity index is 1.54. The van der Waals surface area contributed by atoms with E-state index in [1.165, 1.54) is 0 Å². The number of aryl methyl sites for hydroxylation is 1. The minimum Gasteiger partial charge on any atom is -0.347 e. The molecule has 1 aromatic heterocycles. The predicted molar refractivity (Wildman–Crippen MR) is 100 cm³/mol. The molecule has 2 aliphatic heterocycles. The highest BCUT2D eigenvalue weighted by atomic mass is 16.2. The number of aromatic nitrogens is 3. The van der Waals surface area contributed by atoms with E-state index in [1.54, 1.807) is 24.3 Å². The summed E-state index contributed by atoms with van der Waals surface area (Å²) in [4.78, 5) is 39.7. The molecule has 2 aromatic rings. The van der Waals surface area contributed by atoms with Crippen molar-refractivity contribution in [2.45, 2.75) is 52.2 Å². The monoisotopic (exact) mass is 381 g/mol. The van der Waals surface area contributed by atoms with Crippen LogP contribution in [0.25, 0.3) is 0 Å². The quantitative estimate of drug-likeness (QED) is 0.766. The molecular formula is C20H23N5O3. The Hall–Kier alpha value is -3.03. The first kappa shape index (κ1) is 18.3. The molecule has 0 fully saturated rings. The average Bonchev–Trinajstić information content (AvgIpc) is 3.34. The largest absolute Gasteiger partial charge is 0.347 e. The molecule has 4 rings (SSSR count). The number of benzene rings is 1. The van der Waals surface area contributed by atoms with Crippen molar-refractivity contribution in [3.63, 3.8) is 0 Å². The van der Waals surface area contributed by atoms with Gasteiger partial charge in [-0.1, -0.05) is 26.0 Å². The van der Waals surface area contributed by atoms with E-state index in [0.717, 1.165) is 30.1 Å². The summed E-state index contributed by atoms with van der Waals surface area (Å²) in [6.07, 6.45) is 2.32. The molecule has 3 amide bonds. The standard InChI is InChI=1S/C20H23N5O3/c1-12(2)10-15(25-19(27)13-6-3-4-7-14(13)20(25)28)18(26)21-11-17-23-22-16-8-5-9-24(16)17/h3-4,6-7,12,15H,5,8-11H2,1-2H3,(H,21,26)/t15-/m0/s1. The minimum absolute atomic E-state index is 0.136. The maximum absolute atomic E-state index is 13.0. The third-order valence-corrected chi connectivity index (χ3v) is 5.24. The maximum Gasteiger partial charge on any atom is 0.262 e. The predicted octanol–water partition coefficient (Wildman–Crippen LogP) is 1.55. The third-order valence-electron chi connectivity index (χ3n) is 5.24. The van der Waals surface area contributed by atoms with Crippen LogP contribution in [0.1, 0.15) is 59.1 Å². The topological polar surface area (TPSA) is 97.2 Å². The van der Waals surface area contributed by atoms with Crippen LogP contribution in [0.4, 0.5) is 0 Å². The maximum atomic E-state index is 13.0. The number of carbonyl (C=O) groups excluding carboxylic acids is 3. The summed E-state index contributed by atoms with van der Waals surface area (Å²) in [6, 6.07) is 5.83.